The van der Waals surface area contributed by atoms with E-state index in [9.17, 15) is 0 Å². The van der Waals surface area contributed by atoms with E-state index in [0.717, 1.165) is 0 Å². The highest BCUT2D eigenvalue weighted by molar-refractivity contribution is 9.10. The molecule has 4 aromatic rings. The van der Waals surface area contributed by atoms with E-state index in [4.69, 9.17) is 19.5 Å². The Hall–Kier alpha value is -2.06. The summed E-state index contributed by atoms with van der Waals surface area (Å²) in [6, 6.07) is -5.80. The molecule has 0 amide bonds. The van der Waals surface area contributed by atoms with Crippen molar-refractivity contribution >= 4 is 37.9 Å². The van der Waals surface area contributed by atoms with Crippen LogP contribution in [0.4, 0.5) is 0 Å². The van der Waals surface area contributed by atoms with Crippen LogP contribution in [0.2, 0.25) is 0 Å². The number of halogens is 1. The first-order valence-corrected chi connectivity index (χ1v) is 6.39. The summed E-state index contributed by atoms with van der Waals surface area (Å²) in [7, 11) is 0. The second-order valence-electron chi connectivity index (χ2n) is 3.95. The molecule has 1 heterocycles. The molecule has 0 bridgehead atoms. The fourth-order valence-corrected chi connectivity index (χ4v) is 2.39. The van der Waals surface area contributed by atoms with Crippen LogP contribution in [-0.4, -0.2) is 0 Å². The first kappa shape index (κ1) is 5.05. The molecule has 0 atom stereocenters. The molecule has 0 aliphatic rings. The fourth-order valence-electron chi connectivity index (χ4n) is 1.91. The van der Waals surface area contributed by atoms with Crippen LogP contribution >= 0.6 is 15.9 Å². The van der Waals surface area contributed by atoms with E-state index in [2.05, 4.69) is 15.9 Å². The van der Waals surface area contributed by atoms with Gasteiger partial charge in [-0.2, -0.15) is 0 Å². The molecule has 0 saturated carbocycles. The zero-order valence-corrected chi connectivity index (χ0v) is 11.4. The van der Waals surface area contributed by atoms with E-state index in [-0.39, 0.29) is 38.0 Å². The molecule has 2 heteroatoms. The molecule has 1 aromatic heterocycles. The van der Waals surface area contributed by atoms with Crippen molar-refractivity contribution in [2.24, 2.45) is 0 Å². The molecular weight excluding hydrogens is 312 g/mol. The van der Waals surface area contributed by atoms with Gasteiger partial charge in [-0.05, 0) is 35.3 Å². The topological polar surface area (TPSA) is 13.1 Å². The Morgan fingerprint density at radius 2 is 1.65 bits per heavy atom. The van der Waals surface area contributed by atoms with Gasteiger partial charge in [0.25, 0.3) is 0 Å². The Balaban J connectivity index is 2.27. The zero-order chi connectivity index (χ0) is 23.1. The van der Waals surface area contributed by atoms with Gasteiger partial charge in [0.1, 0.15) is 11.2 Å². The van der Waals surface area contributed by atoms with Gasteiger partial charge < -0.3 is 4.42 Å². The summed E-state index contributed by atoms with van der Waals surface area (Å²) in [6.07, 6.45) is 0. The van der Waals surface area contributed by atoms with Gasteiger partial charge in [0.15, 0.2) is 0 Å². The van der Waals surface area contributed by atoms with E-state index in [1.807, 2.05) is 0 Å². The third-order valence-electron chi connectivity index (χ3n) is 2.78. The molecule has 0 aliphatic heterocycles. The highest BCUT2D eigenvalue weighted by atomic mass is 79.9. The minimum atomic E-state index is -0.639. The van der Waals surface area contributed by atoms with Crippen molar-refractivity contribution in [1.29, 1.82) is 0 Å². The van der Waals surface area contributed by atoms with Crippen molar-refractivity contribution < 1.29 is 19.5 Å². The van der Waals surface area contributed by atoms with Crippen molar-refractivity contribution in [3.63, 3.8) is 0 Å². The molecule has 96 valence electrons. The molecular formula is C18H11BrO. The van der Waals surface area contributed by atoms with Gasteiger partial charge in [-0.3, -0.25) is 0 Å². The Kier molecular flexibility index (Phi) is 1.13. The van der Waals surface area contributed by atoms with Crippen LogP contribution in [0, 0.1) is 0 Å². The average molecular weight is 334 g/mol. The predicted octanol–water partition coefficient (Wildman–Crippen LogP) is 6.02. The largest absolute Gasteiger partial charge is 0.456 e. The Morgan fingerprint density at radius 3 is 2.50 bits per heavy atom. The Morgan fingerprint density at radius 1 is 0.800 bits per heavy atom. The van der Waals surface area contributed by atoms with Gasteiger partial charge in [-0.15, -0.1) is 0 Å². The molecule has 0 radical (unpaired) electrons. The second kappa shape index (κ2) is 4.50. The lowest BCUT2D eigenvalue weighted by Crippen LogP contribution is -1.76. The lowest BCUT2D eigenvalue weighted by molar-refractivity contribution is 0.669. The molecule has 1 nitrogen and oxygen atoms in total. The van der Waals surface area contributed by atoms with Crippen LogP contribution in [0.15, 0.2) is 75.4 Å². The van der Waals surface area contributed by atoms with E-state index in [1.165, 1.54) is 0 Å². The molecule has 0 N–H and O–H groups in total. The van der Waals surface area contributed by atoms with Crippen LogP contribution in [0.5, 0.6) is 0 Å². The van der Waals surface area contributed by atoms with Crippen molar-refractivity contribution in [3.05, 3.63) is 70.9 Å². The third kappa shape index (κ3) is 1.76. The quantitative estimate of drug-likeness (QED) is 0.415. The zero-order valence-electron chi connectivity index (χ0n) is 20.8. The lowest BCUT2D eigenvalue weighted by atomic mass is 10.0. The minimum absolute atomic E-state index is 0.0324. The summed E-state index contributed by atoms with van der Waals surface area (Å²) in [6.45, 7) is 0. The number of hydrogen-bond donors (Lipinski definition) is 0. The van der Waals surface area contributed by atoms with Crippen molar-refractivity contribution in [1.82, 2.24) is 0 Å². The van der Waals surface area contributed by atoms with Crippen molar-refractivity contribution in [2.75, 3.05) is 0 Å². The average Bonchev–Trinajstić information content (AvgIpc) is 3.15. The van der Waals surface area contributed by atoms with Crippen molar-refractivity contribution in [3.8, 4) is 11.1 Å². The number of hydrogen-bond acceptors (Lipinski definition) is 1. The third-order valence-corrected chi connectivity index (χ3v) is 3.37. The number of fused-ring (bicyclic) bond motifs is 3. The smallest absolute Gasteiger partial charge is 0.136 e. The van der Waals surface area contributed by atoms with E-state index < -0.39 is 66.0 Å². The monoisotopic (exact) mass is 333 g/mol. The summed E-state index contributed by atoms with van der Waals surface area (Å²) in [4.78, 5) is 0. The number of furan rings is 1. The fraction of sp³-hybridized carbons (Fsp3) is 0. The summed E-state index contributed by atoms with van der Waals surface area (Å²) in [5, 5.41) is 0.0654. The van der Waals surface area contributed by atoms with E-state index in [1.54, 1.807) is 0 Å². The summed E-state index contributed by atoms with van der Waals surface area (Å²) >= 11 is 3.18. The lowest BCUT2D eigenvalue weighted by Gasteiger charge is -2.00. The maximum Gasteiger partial charge on any atom is 0.136 e. The SMILES string of the molecule is [2H]c1c([2H])c([2H])c(-c2c([2H])c([2H])c3c(oc4c([2H])c([2H])c([2H])c(Br)c43)c2[2H])c([2H])c1[2H]. The van der Waals surface area contributed by atoms with Gasteiger partial charge in [-0.25, -0.2) is 0 Å². The molecule has 0 saturated heterocycles. The first-order chi connectivity index (χ1) is 14.4. The molecule has 0 fully saturated rings. The maximum atomic E-state index is 8.58. The Labute approximate surface area is 140 Å². The van der Waals surface area contributed by atoms with E-state index >= 15 is 0 Å². The highest BCUT2D eigenvalue weighted by Gasteiger charge is 2.10. The summed E-state index contributed by atoms with van der Waals surface area (Å²) < 4.78 is 95.0. The molecule has 4 rings (SSSR count). The summed E-state index contributed by atoms with van der Waals surface area (Å²) in [5.74, 6) is 0. The molecule has 0 aliphatic carbocycles. The minimum Gasteiger partial charge on any atom is -0.456 e. The maximum absolute atomic E-state index is 8.58. The number of benzene rings is 3. The van der Waals surface area contributed by atoms with Crippen LogP contribution in [0.1, 0.15) is 15.1 Å². The van der Waals surface area contributed by atoms with Gasteiger partial charge in [-0.1, -0.05) is 58.2 Å². The van der Waals surface area contributed by atoms with Gasteiger partial charge >= 0.3 is 0 Å². The van der Waals surface area contributed by atoms with Crippen LogP contribution in [-0.2, 0) is 0 Å². The van der Waals surface area contributed by atoms with Crippen LogP contribution < -0.4 is 0 Å². The normalized spacial score (nSPS) is 18.9. The van der Waals surface area contributed by atoms with Crippen molar-refractivity contribution in [2.45, 2.75) is 0 Å². The number of rotatable bonds is 1. The second-order valence-corrected chi connectivity index (χ2v) is 4.74. The molecule has 0 spiro atoms. The van der Waals surface area contributed by atoms with Gasteiger partial charge in [0.2, 0.25) is 0 Å². The molecule has 3 aromatic carbocycles. The van der Waals surface area contributed by atoms with Crippen LogP contribution in [0.3, 0.4) is 0 Å². The van der Waals surface area contributed by atoms with Gasteiger partial charge in [0.05, 0.1) is 15.1 Å². The standard InChI is InChI=1S/C18H11BrO/c19-15-7-4-8-16-18(15)14-10-9-13(11-17(14)20-16)12-5-2-1-3-6-12/h1-11H/i1D,2D,3D,4D,5D,6D,7D,8D,9D,10D,11D. The van der Waals surface area contributed by atoms with Crippen LogP contribution in [0.25, 0.3) is 33.1 Å². The molecule has 20 heavy (non-hydrogen) atoms. The Bertz CT molecular complexity index is 1430. The van der Waals surface area contributed by atoms with E-state index in [0.29, 0.717) is 0 Å². The summed E-state index contributed by atoms with van der Waals surface area (Å²) in [5.41, 5.74) is -1.16. The predicted molar refractivity (Wildman–Crippen MR) is 86.9 cm³/mol. The molecule has 0 unspecified atom stereocenters. The van der Waals surface area contributed by atoms with Gasteiger partial charge in [0, 0.05) is 15.2 Å². The first-order valence-electron chi connectivity index (χ1n) is 11.1. The highest BCUT2D eigenvalue weighted by Crippen LogP contribution is 2.35.